The molecule has 0 radical (unpaired) electrons. The Morgan fingerprint density at radius 3 is 2.71 bits per heavy atom. The van der Waals surface area contributed by atoms with Gasteiger partial charge in [0, 0.05) is 31.8 Å². The van der Waals surface area contributed by atoms with E-state index in [-0.39, 0.29) is 17.9 Å². The van der Waals surface area contributed by atoms with Crippen LogP contribution in [0.2, 0.25) is 0 Å². The lowest BCUT2D eigenvalue weighted by Crippen LogP contribution is -2.36. The molecule has 1 saturated heterocycles. The summed E-state index contributed by atoms with van der Waals surface area (Å²) in [5, 5.41) is 7.12. The van der Waals surface area contributed by atoms with Crippen LogP contribution in [0.5, 0.6) is 5.75 Å². The molecule has 7 nitrogen and oxygen atoms in total. The fraction of sp³-hybridized carbons (Fsp3) is 0.611. The number of aliphatic carboxylic acids is 1. The normalized spacial score (nSPS) is 23.6. The highest BCUT2D eigenvalue weighted by Crippen LogP contribution is 2.48. The number of methoxy groups -OCH3 is 1. The van der Waals surface area contributed by atoms with Crippen LogP contribution in [0.4, 0.5) is 13.2 Å². The van der Waals surface area contributed by atoms with Crippen molar-refractivity contribution in [3.8, 4) is 5.75 Å². The van der Waals surface area contributed by atoms with Crippen molar-refractivity contribution in [1.29, 1.82) is 0 Å². The third kappa shape index (κ3) is 5.57. The summed E-state index contributed by atoms with van der Waals surface area (Å²) < 4.78 is 42.7. The molecule has 0 unspecified atom stereocenters. The predicted octanol–water partition coefficient (Wildman–Crippen LogP) is 2.37. The summed E-state index contributed by atoms with van der Waals surface area (Å²) in [6.45, 7) is 2.48. The maximum absolute atomic E-state index is 12.0. The summed E-state index contributed by atoms with van der Waals surface area (Å²) in [6.07, 6.45) is 1.95. The first-order chi connectivity index (χ1) is 13.2. The summed E-state index contributed by atoms with van der Waals surface area (Å²) in [4.78, 5) is 27.0. The van der Waals surface area contributed by atoms with Crippen molar-refractivity contribution in [2.24, 2.45) is 11.3 Å². The van der Waals surface area contributed by atoms with E-state index >= 15 is 0 Å². The van der Waals surface area contributed by atoms with E-state index in [4.69, 9.17) is 19.4 Å². The average molecular weight is 404 g/mol. The fourth-order valence-corrected chi connectivity index (χ4v) is 3.71. The minimum Gasteiger partial charge on any atom is -0.491 e. The SMILES string of the molecule is COCC(=O)N1C[C@H]2CCC[C@@]2(COc2cccnc2)C1.O=C(O)C(F)(F)F. The summed E-state index contributed by atoms with van der Waals surface area (Å²) >= 11 is 0. The predicted molar refractivity (Wildman–Crippen MR) is 91.7 cm³/mol. The number of carboxylic acid groups (broad SMARTS) is 1. The number of fused-ring (bicyclic) bond motifs is 1. The van der Waals surface area contributed by atoms with Gasteiger partial charge in [0.05, 0.1) is 12.8 Å². The van der Waals surface area contributed by atoms with Crippen molar-refractivity contribution in [2.45, 2.75) is 25.4 Å². The van der Waals surface area contributed by atoms with Crippen LogP contribution in [0.15, 0.2) is 24.5 Å². The number of carbonyl (C=O) groups is 2. The van der Waals surface area contributed by atoms with Crippen molar-refractivity contribution >= 4 is 11.9 Å². The van der Waals surface area contributed by atoms with Gasteiger partial charge < -0.3 is 19.5 Å². The highest BCUT2D eigenvalue weighted by molar-refractivity contribution is 5.78. The molecular formula is C18H23F3N2O5. The molecular weight excluding hydrogens is 381 g/mol. The van der Waals surface area contributed by atoms with Gasteiger partial charge in [0.15, 0.2) is 0 Å². The molecule has 1 aromatic rings. The summed E-state index contributed by atoms with van der Waals surface area (Å²) in [7, 11) is 1.57. The number of alkyl halides is 3. The van der Waals surface area contributed by atoms with E-state index < -0.39 is 12.1 Å². The van der Waals surface area contributed by atoms with Gasteiger partial charge in [-0.3, -0.25) is 9.78 Å². The first-order valence-corrected chi connectivity index (χ1v) is 8.77. The van der Waals surface area contributed by atoms with Gasteiger partial charge in [-0.25, -0.2) is 4.79 Å². The van der Waals surface area contributed by atoms with Crippen molar-refractivity contribution < 1.29 is 37.3 Å². The molecule has 0 aromatic carbocycles. The number of carbonyl (C=O) groups excluding carboxylic acids is 1. The van der Waals surface area contributed by atoms with Crippen molar-refractivity contribution in [2.75, 3.05) is 33.4 Å². The maximum Gasteiger partial charge on any atom is 0.490 e. The maximum atomic E-state index is 12.0. The Bertz CT molecular complexity index is 671. The number of nitrogens with zero attached hydrogens (tertiary/aromatic N) is 2. The molecule has 0 spiro atoms. The third-order valence-corrected chi connectivity index (χ3v) is 5.06. The quantitative estimate of drug-likeness (QED) is 0.811. The van der Waals surface area contributed by atoms with Crippen LogP contribution in [0.3, 0.4) is 0 Å². The Balaban J connectivity index is 0.000000345. The Morgan fingerprint density at radius 1 is 1.43 bits per heavy atom. The number of amides is 1. The van der Waals surface area contributed by atoms with E-state index in [1.807, 2.05) is 17.0 Å². The highest BCUT2D eigenvalue weighted by atomic mass is 19.4. The molecule has 0 bridgehead atoms. The number of carboxylic acids is 1. The van der Waals surface area contributed by atoms with Crippen molar-refractivity contribution in [3.63, 3.8) is 0 Å². The lowest BCUT2D eigenvalue weighted by atomic mass is 9.81. The first kappa shape index (κ1) is 21.9. The van der Waals surface area contributed by atoms with E-state index in [2.05, 4.69) is 4.98 Å². The van der Waals surface area contributed by atoms with Crippen molar-refractivity contribution in [1.82, 2.24) is 9.88 Å². The van der Waals surface area contributed by atoms with Gasteiger partial charge in [0.2, 0.25) is 5.91 Å². The number of likely N-dealkylation sites (tertiary alicyclic amines) is 1. The third-order valence-electron chi connectivity index (χ3n) is 5.06. The minimum absolute atomic E-state index is 0.0904. The van der Waals surface area contributed by atoms with Crippen LogP contribution >= 0.6 is 0 Å². The zero-order valence-electron chi connectivity index (χ0n) is 15.4. The molecule has 1 aliphatic heterocycles. The molecule has 1 aliphatic carbocycles. The molecule has 2 atom stereocenters. The van der Waals surface area contributed by atoms with Gasteiger partial charge >= 0.3 is 12.1 Å². The molecule has 156 valence electrons. The van der Waals surface area contributed by atoms with Crippen LogP contribution in [0, 0.1) is 11.3 Å². The second-order valence-electron chi connectivity index (χ2n) is 6.94. The van der Waals surface area contributed by atoms with E-state index in [1.54, 1.807) is 19.5 Å². The van der Waals surface area contributed by atoms with Crippen LogP contribution in [0.25, 0.3) is 0 Å². The Hall–Kier alpha value is -2.36. The second-order valence-corrected chi connectivity index (χ2v) is 6.94. The number of ether oxygens (including phenoxy) is 2. The molecule has 1 amide bonds. The fourth-order valence-electron chi connectivity index (χ4n) is 3.71. The minimum atomic E-state index is -5.08. The second kappa shape index (κ2) is 9.22. The number of hydrogen-bond acceptors (Lipinski definition) is 5. The zero-order chi connectivity index (χ0) is 20.8. The number of aromatic nitrogens is 1. The summed E-state index contributed by atoms with van der Waals surface area (Å²) in [5.74, 6) is -1.31. The zero-order valence-corrected chi connectivity index (χ0v) is 15.4. The van der Waals surface area contributed by atoms with Gasteiger partial charge in [-0.2, -0.15) is 13.2 Å². The molecule has 28 heavy (non-hydrogen) atoms. The van der Waals surface area contributed by atoms with Gasteiger partial charge in [0.25, 0.3) is 0 Å². The smallest absolute Gasteiger partial charge is 0.490 e. The van der Waals surface area contributed by atoms with E-state index in [1.165, 1.54) is 12.8 Å². The summed E-state index contributed by atoms with van der Waals surface area (Å²) in [6, 6.07) is 3.80. The van der Waals surface area contributed by atoms with Gasteiger partial charge in [0.1, 0.15) is 12.4 Å². The Kier molecular flexibility index (Phi) is 7.22. The van der Waals surface area contributed by atoms with Gasteiger partial charge in [-0.05, 0) is 30.9 Å². The van der Waals surface area contributed by atoms with E-state index in [0.717, 1.165) is 25.3 Å². The van der Waals surface area contributed by atoms with Gasteiger partial charge in [-0.15, -0.1) is 0 Å². The molecule has 2 aliphatic rings. The van der Waals surface area contributed by atoms with E-state index in [0.29, 0.717) is 12.5 Å². The first-order valence-electron chi connectivity index (χ1n) is 8.77. The standard InChI is InChI=1S/C16H22N2O3.C2HF3O2/c1-20-10-15(19)18-9-13-4-2-6-16(13,11-18)12-21-14-5-3-7-17-8-14;3-2(4,5)1(6)7/h3,5,7-8,13H,2,4,6,9-12H2,1H3;(H,6,7)/t13-,16+;/m1./s1. The van der Waals surface area contributed by atoms with E-state index in [9.17, 15) is 18.0 Å². The number of rotatable bonds is 5. The van der Waals surface area contributed by atoms with Crippen LogP contribution in [-0.4, -0.2) is 66.5 Å². The molecule has 1 N–H and O–H groups in total. The molecule has 3 rings (SSSR count). The Labute approximate surface area is 160 Å². The highest BCUT2D eigenvalue weighted by Gasteiger charge is 2.51. The average Bonchev–Trinajstić information content (AvgIpc) is 3.18. The molecule has 1 saturated carbocycles. The van der Waals surface area contributed by atoms with Crippen LogP contribution in [-0.2, 0) is 14.3 Å². The topological polar surface area (TPSA) is 89.0 Å². The monoisotopic (exact) mass is 404 g/mol. The molecule has 2 heterocycles. The van der Waals surface area contributed by atoms with Crippen LogP contribution in [0.1, 0.15) is 19.3 Å². The number of hydrogen-bond donors (Lipinski definition) is 1. The number of halogens is 3. The van der Waals surface area contributed by atoms with Gasteiger partial charge in [-0.1, -0.05) is 6.42 Å². The summed E-state index contributed by atoms with van der Waals surface area (Å²) in [5.41, 5.74) is 0.110. The van der Waals surface area contributed by atoms with Crippen LogP contribution < -0.4 is 4.74 Å². The Morgan fingerprint density at radius 2 is 2.14 bits per heavy atom. The molecule has 10 heteroatoms. The van der Waals surface area contributed by atoms with Crippen molar-refractivity contribution in [3.05, 3.63) is 24.5 Å². The lowest BCUT2D eigenvalue weighted by Gasteiger charge is -2.28. The molecule has 1 aromatic heterocycles. The lowest BCUT2D eigenvalue weighted by molar-refractivity contribution is -0.192. The molecule has 2 fully saturated rings. The largest absolute Gasteiger partial charge is 0.491 e. The number of pyridine rings is 1.